The molecule has 25 heavy (non-hydrogen) atoms. The van der Waals surface area contributed by atoms with E-state index in [9.17, 15) is 4.79 Å². The molecule has 8 heteroatoms. The van der Waals surface area contributed by atoms with E-state index >= 15 is 0 Å². The third-order valence-electron chi connectivity index (χ3n) is 3.24. The molecule has 0 spiro atoms. The lowest BCUT2D eigenvalue weighted by molar-refractivity contribution is 0.102. The summed E-state index contributed by atoms with van der Waals surface area (Å²) in [6.07, 6.45) is 4.58. The number of rotatable bonds is 5. The molecule has 6 nitrogen and oxygen atoms in total. The number of benzene rings is 1. The standard InChI is InChI=1S/C17H13Cl2N5O/c18-12-4-5-14(19)15(7-12)24-16(25)11-8-21-17(22-9-11)23-10-13-3-1-2-6-20-13/h1-9H,10H2,(H,24,25)(H,21,22,23). The second kappa shape index (κ2) is 7.92. The van der Waals surface area contributed by atoms with Crippen molar-refractivity contribution in [1.82, 2.24) is 15.0 Å². The second-order valence-corrected chi connectivity index (χ2v) is 5.89. The van der Waals surface area contributed by atoms with E-state index in [-0.39, 0.29) is 5.91 Å². The Morgan fingerprint density at radius 1 is 1.04 bits per heavy atom. The van der Waals surface area contributed by atoms with Crippen LogP contribution in [0, 0.1) is 0 Å². The summed E-state index contributed by atoms with van der Waals surface area (Å²) in [5.74, 6) is 0.0310. The molecule has 0 aliphatic carbocycles. The predicted molar refractivity (Wildman–Crippen MR) is 98.0 cm³/mol. The first kappa shape index (κ1) is 17.1. The highest BCUT2D eigenvalue weighted by Crippen LogP contribution is 2.25. The highest BCUT2D eigenvalue weighted by Gasteiger charge is 2.10. The summed E-state index contributed by atoms with van der Waals surface area (Å²) in [6.45, 7) is 0.491. The Morgan fingerprint density at radius 2 is 1.84 bits per heavy atom. The smallest absolute Gasteiger partial charge is 0.258 e. The van der Waals surface area contributed by atoms with Gasteiger partial charge in [-0.05, 0) is 30.3 Å². The minimum Gasteiger partial charge on any atom is -0.349 e. The van der Waals surface area contributed by atoms with Crippen LogP contribution in [0.3, 0.4) is 0 Å². The number of hydrogen-bond donors (Lipinski definition) is 2. The number of carbonyl (C=O) groups excluding carboxylic acids is 1. The highest BCUT2D eigenvalue weighted by molar-refractivity contribution is 6.35. The minimum atomic E-state index is -0.375. The molecule has 126 valence electrons. The van der Waals surface area contributed by atoms with E-state index < -0.39 is 0 Å². The van der Waals surface area contributed by atoms with Crippen LogP contribution in [0.4, 0.5) is 11.6 Å². The van der Waals surface area contributed by atoms with Crippen molar-refractivity contribution in [2.75, 3.05) is 10.6 Å². The number of pyridine rings is 1. The Labute approximate surface area is 154 Å². The summed E-state index contributed by atoms with van der Waals surface area (Å²) in [6, 6.07) is 10.5. The fourth-order valence-corrected chi connectivity index (χ4v) is 2.33. The molecule has 0 radical (unpaired) electrons. The van der Waals surface area contributed by atoms with Crippen LogP contribution in [0.2, 0.25) is 10.0 Å². The third-order valence-corrected chi connectivity index (χ3v) is 3.81. The maximum absolute atomic E-state index is 12.2. The summed E-state index contributed by atoms with van der Waals surface area (Å²) in [5.41, 5.74) is 1.60. The molecule has 3 aromatic rings. The van der Waals surface area contributed by atoms with Crippen LogP contribution in [0.15, 0.2) is 55.0 Å². The van der Waals surface area contributed by atoms with Gasteiger partial charge in [0.25, 0.3) is 5.91 Å². The number of anilines is 2. The van der Waals surface area contributed by atoms with Crippen LogP contribution in [-0.4, -0.2) is 20.9 Å². The van der Waals surface area contributed by atoms with Crippen LogP contribution in [-0.2, 0) is 6.54 Å². The summed E-state index contributed by atoms with van der Waals surface area (Å²) in [5, 5.41) is 6.59. The number of amides is 1. The van der Waals surface area contributed by atoms with Gasteiger partial charge in [0, 0.05) is 23.6 Å². The summed E-state index contributed by atoms with van der Waals surface area (Å²) in [7, 11) is 0. The number of hydrogen-bond acceptors (Lipinski definition) is 5. The van der Waals surface area contributed by atoms with Gasteiger partial charge < -0.3 is 10.6 Å². The lowest BCUT2D eigenvalue weighted by Gasteiger charge is -2.08. The maximum Gasteiger partial charge on any atom is 0.258 e. The van der Waals surface area contributed by atoms with Gasteiger partial charge in [0.05, 0.1) is 28.5 Å². The molecule has 0 unspecified atom stereocenters. The topological polar surface area (TPSA) is 79.8 Å². The van der Waals surface area contributed by atoms with Gasteiger partial charge in [0.15, 0.2) is 0 Å². The van der Waals surface area contributed by atoms with Crippen molar-refractivity contribution in [2.45, 2.75) is 6.54 Å². The maximum atomic E-state index is 12.2. The zero-order chi connectivity index (χ0) is 17.6. The molecule has 2 N–H and O–H groups in total. The molecular weight excluding hydrogens is 361 g/mol. The third kappa shape index (κ3) is 4.65. The zero-order valence-corrected chi connectivity index (χ0v) is 14.4. The first-order chi connectivity index (χ1) is 12.1. The molecular formula is C17H13Cl2N5O. The van der Waals surface area contributed by atoms with E-state index in [0.29, 0.717) is 33.8 Å². The number of carbonyl (C=O) groups is 1. The Morgan fingerprint density at radius 3 is 2.56 bits per heavy atom. The van der Waals surface area contributed by atoms with Crippen LogP contribution < -0.4 is 10.6 Å². The number of halogens is 2. The molecule has 0 atom stereocenters. The van der Waals surface area contributed by atoms with Crippen LogP contribution in [0.25, 0.3) is 0 Å². The van der Waals surface area contributed by atoms with E-state index in [2.05, 4.69) is 25.6 Å². The largest absolute Gasteiger partial charge is 0.349 e. The van der Waals surface area contributed by atoms with E-state index in [4.69, 9.17) is 23.2 Å². The molecule has 0 saturated heterocycles. The molecule has 1 amide bonds. The van der Waals surface area contributed by atoms with Crippen molar-refractivity contribution >= 4 is 40.7 Å². The Balaban J connectivity index is 1.63. The first-order valence-electron chi connectivity index (χ1n) is 7.34. The van der Waals surface area contributed by atoms with Crippen molar-refractivity contribution in [3.8, 4) is 0 Å². The molecule has 0 fully saturated rings. The first-order valence-corrected chi connectivity index (χ1v) is 8.09. The molecule has 3 rings (SSSR count). The number of nitrogens with zero attached hydrogens (tertiary/aromatic N) is 3. The second-order valence-electron chi connectivity index (χ2n) is 5.05. The molecule has 2 aromatic heterocycles. The molecule has 2 heterocycles. The van der Waals surface area contributed by atoms with Gasteiger partial charge in [-0.25, -0.2) is 9.97 Å². The number of nitrogens with one attached hydrogen (secondary N) is 2. The normalized spacial score (nSPS) is 10.3. The van der Waals surface area contributed by atoms with E-state index in [1.165, 1.54) is 12.4 Å². The fourth-order valence-electron chi connectivity index (χ4n) is 2.00. The van der Waals surface area contributed by atoms with Crippen LogP contribution >= 0.6 is 23.2 Å². The Kier molecular flexibility index (Phi) is 5.42. The van der Waals surface area contributed by atoms with Crippen molar-refractivity contribution in [3.05, 3.63) is 76.3 Å². The lowest BCUT2D eigenvalue weighted by atomic mass is 10.2. The fraction of sp³-hybridized carbons (Fsp3) is 0.0588. The van der Waals surface area contributed by atoms with Gasteiger partial charge in [-0.1, -0.05) is 29.3 Å². The zero-order valence-electron chi connectivity index (χ0n) is 12.9. The van der Waals surface area contributed by atoms with Gasteiger partial charge in [-0.15, -0.1) is 0 Å². The van der Waals surface area contributed by atoms with Crippen LogP contribution in [0.5, 0.6) is 0 Å². The van der Waals surface area contributed by atoms with Crippen molar-refractivity contribution in [2.24, 2.45) is 0 Å². The molecule has 1 aromatic carbocycles. The van der Waals surface area contributed by atoms with Crippen LogP contribution in [0.1, 0.15) is 16.1 Å². The number of aromatic nitrogens is 3. The summed E-state index contributed by atoms with van der Waals surface area (Å²) < 4.78 is 0. The van der Waals surface area contributed by atoms with Crippen molar-refractivity contribution in [3.63, 3.8) is 0 Å². The molecule has 0 saturated carbocycles. The molecule has 0 bridgehead atoms. The Hall–Kier alpha value is -2.70. The van der Waals surface area contributed by atoms with E-state index in [1.807, 2.05) is 18.2 Å². The van der Waals surface area contributed by atoms with E-state index in [0.717, 1.165) is 5.69 Å². The Bertz CT molecular complexity index is 872. The quantitative estimate of drug-likeness (QED) is 0.705. The van der Waals surface area contributed by atoms with Gasteiger partial charge in [-0.3, -0.25) is 9.78 Å². The SMILES string of the molecule is O=C(Nc1cc(Cl)ccc1Cl)c1cnc(NCc2ccccn2)nc1. The van der Waals surface area contributed by atoms with Gasteiger partial charge in [0.1, 0.15) is 0 Å². The summed E-state index contributed by atoms with van der Waals surface area (Å²) >= 11 is 11.9. The predicted octanol–water partition coefficient (Wildman–Crippen LogP) is 4.04. The van der Waals surface area contributed by atoms with Gasteiger partial charge in [0.2, 0.25) is 5.95 Å². The summed E-state index contributed by atoms with van der Waals surface area (Å²) in [4.78, 5) is 24.7. The molecule has 0 aliphatic rings. The lowest BCUT2D eigenvalue weighted by Crippen LogP contribution is -2.14. The monoisotopic (exact) mass is 373 g/mol. The van der Waals surface area contributed by atoms with Gasteiger partial charge in [-0.2, -0.15) is 0 Å². The minimum absolute atomic E-state index is 0.305. The van der Waals surface area contributed by atoms with Crippen molar-refractivity contribution in [1.29, 1.82) is 0 Å². The highest BCUT2D eigenvalue weighted by atomic mass is 35.5. The average molecular weight is 374 g/mol. The van der Waals surface area contributed by atoms with E-state index in [1.54, 1.807) is 24.4 Å². The molecule has 0 aliphatic heterocycles. The average Bonchev–Trinajstić information content (AvgIpc) is 2.64. The van der Waals surface area contributed by atoms with Crippen molar-refractivity contribution < 1.29 is 4.79 Å². The van der Waals surface area contributed by atoms with Gasteiger partial charge >= 0.3 is 0 Å².